The largest absolute Gasteiger partial charge is 0.387 e. The van der Waals surface area contributed by atoms with E-state index < -0.39 is 0 Å². The van der Waals surface area contributed by atoms with E-state index in [9.17, 15) is 14.4 Å². The van der Waals surface area contributed by atoms with Crippen molar-refractivity contribution in [1.29, 1.82) is 0 Å². The van der Waals surface area contributed by atoms with E-state index in [2.05, 4.69) is 5.16 Å². The fraction of sp³-hybridized carbons (Fsp3) is 0.176. The highest BCUT2D eigenvalue weighted by Crippen LogP contribution is 2.29. The molecule has 0 heterocycles. The lowest BCUT2D eigenvalue weighted by Crippen LogP contribution is -2.17. The van der Waals surface area contributed by atoms with Gasteiger partial charge in [0.05, 0.1) is 0 Å². The molecule has 0 fully saturated rings. The highest BCUT2D eigenvalue weighted by molar-refractivity contribution is 8.03. The van der Waals surface area contributed by atoms with Gasteiger partial charge in [0.1, 0.15) is 5.71 Å². The zero-order valence-corrected chi connectivity index (χ0v) is 26.1. The number of thioether (sulfide) groups is 2. The summed E-state index contributed by atoms with van der Waals surface area (Å²) in [6.07, 6.45) is 8.00. The molecular weight excluding hydrogens is 586 g/mol. The Labute approximate surface area is 260 Å². The van der Waals surface area contributed by atoms with E-state index in [1.807, 2.05) is 85.8 Å². The second-order valence-electron chi connectivity index (χ2n) is 9.14. The molecule has 0 aliphatic rings. The van der Waals surface area contributed by atoms with Crippen molar-refractivity contribution in [1.82, 2.24) is 0 Å². The quantitative estimate of drug-likeness (QED) is 0.0423. The number of benzene rings is 3. The van der Waals surface area contributed by atoms with E-state index in [0.717, 1.165) is 14.7 Å². The van der Waals surface area contributed by atoms with E-state index in [-0.39, 0.29) is 29.7 Å². The van der Waals surface area contributed by atoms with Gasteiger partial charge >= 0.3 is 0 Å². The molecule has 0 aliphatic heterocycles. The van der Waals surface area contributed by atoms with Gasteiger partial charge in [-0.25, -0.2) is 0 Å². The third kappa shape index (κ3) is 11.0. The summed E-state index contributed by atoms with van der Waals surface area (Å²) in [7, 11) is 0. The van der Waals surface area contributed by atoms with Gasteiger partial charge in [0.2, 0.25) is 5.78 Å². The van der Waals surface area contributed by atoms with Crippen molar-refractivity contribution in [3.8, 4) is 0 Å². The molecule has 0 aromatic heterocycles. The fourth-order valence-corrected chi connectivity index (χ4v) is 5.43. The maximum Gasteiger partial charge on any atom is 0.210 e. The minimum absolute atomic E-state index is 0.0177. The Morgan fingerprint density at radius 1 is 0.833 bits per heavy atom. The average molecular weight is 618 g/mol. The predicted octanol–water partition coefficient (Wildman–Crippen LogP) is 9.05. The second-order valence-corrected chi connectivity index (χ2v) is 11.9. The number of hydrogen-bond donors (Lipinski definition) is 0. The molecule has 8 heteroatoms. The number of nitrogens with zero attached hydrogens (tertiary/aromatic N) is 1. The minimum Gasteiger partial charge on any atom is -0.387 e. The molecule has 0 amide bonds. The maximum absolute atomic E-state index is 13.3. The average Bonchev–Trinajstić information content (AvgIpc) is 3.00. The Morgan fingerprint density at radius 3 is 2.12 bits per heavy atom. The number of carbonyl (C=O) groups excluding carboxylic acids is 3. The van der Waals surface area contributed by atoms with Crippen LogP contribution in [0.3, 0.4) is 0 Å². The fourth-order valence-electron chi connectivity index (χ4n) is 3.56. The summed E-state index contributed by atoms with van der Waals surface area (Å²) in [4.78, 5) is 45.4. The van der Waals surface area contributed by atoms with E-state index in [1.54, 1.807) is 43.0 Å². The summed E-state index contributed by atoms with van der Waals surface area (Å²) in [6, 6.07) is 23.9. The zero-order valence-electron chi connectivity index (χ0n) is 23.7. The Morgan fingerprint density at radius 2 is 1.48 bits per heavy atom. The number of carbonyl (C=O) groups is 3. The predicted molar refractivity (Wildman–Crippen MR) is 175 cm³/mol. The van der Waals surface area contributed by atoms with Crippen LogP contribution in [0.4, 0.5) is 0 Å². The first kappa shape index (κ1) is 32.9. The van der Waals surface area contributed by atoms with Crippen molar-refractivity contribution in [2.45, 2.75) is 37.0 Å². The standard InChI is InChI=1S/C34H32ClNO4S2/c1-4-8-30(16-11-24(2)33(38)26-9-6-5-7-10-26)42-31-17-12-27(13-18-31)34(39)32(36-40-23-25(3)37)21-22-41-29-19-14-28(35)15-20-29/h4-20H,21-23H2,1-3H3/b8-4-,24-11+,30-16+,36-32+. The number of rotatable bonds is 15. The van der Waals surface area contributed by atoms with Crippen LogP contribution in [0.5, 0.6) is 0 Å². The van der Waals surface area contributed by atoms with Crippen LogP contribution in [0.15, 0.2) is 129 Å². The molecule has 5 nitrogen and oxygen atoms in total. The second kappa shape index (κ2) is 17.3. The Bertz CT molecular complexity index is 1490. The van der Waals surface area contributed by atoms with Crippen molar-refractivity contribution < 1.29 is 19.2 Å². The summed E-state index contributed by atoms with van der Waals surface area (Å²) in [5, 5.41) is 4.67. The van der Waals surface area contributed by atoms with Crippen LogP contribution in [-0.4, -0.2) is 35.4 Å². The maximum atomic E-state index is 13.3. The number of oxime groups is 1. The molecule has 0 saturated heterocycles. The van der Waals surface area contributed by atoms with Gasteiger partial charge in [-0.1, -0.05) is 77.1 Å². The molecule has 216 valence electrons. The first-order chi connectivity index (χ1) is 20.3. The van der Waals surface area contributed by atoms with Crippen LogP contribution >= 0.6 is 35.1 Å². The Hall–Kier alpha value is -3.65. The molecule has 0 spiro atoms. The normalized spacial score (nSPS) is 12.4. The van der Waals surface area contributed by atoms with Gasteiger partial charge in [0, 0.05) is 43.0 Å². The summed E-state index contributed by atoms with van der Waals surface area (Å²) >= 11 is 9.06. The van der Waals surface area contributed by atoms with Gasteiger partial charge < -0.3 is 4.84 Å². The first-order valence-corrected chi connectivity index (χ1v) is 15.4. The molecular formula is C34H32ClNO4S2. The first-order valence-electron chi connectivity index (χ1n) is 13.3. The molecule has 0 unspecified atom stereocenters. The number of hydrogen-bond acceptors (Lipinski definition) is 7. The molecule has 0 atom stereocenters. The smallest absolute Gasteiger partial charge is 0.210 e. The van der Waals surface area contributed by atoms with Crippen LogP contribution in [-0.2, 0) is 9.63 Å². The van der Waals surface area contributed by atoms with Crippen molar-refractivity contribution in [2.24, 2.45) is 5.16 Å². The van der Waals surface area contributed by atoms with Gasteiger partial charge in [-0.15, -0.1) is 11.8 Å². The Balaban J connectivity index is 1.70. The van der Waals surface area contributed by atoms with Crippen LogP contribution < -0.4 is 0 Å². The molecule has 3 aromatic carbocycles. The minimum atomic E-state index is -0.256. The van der Waals surface area contributed by atoms with Crippen molar-refractivity contribution in [3.05, 3.63) is 130 Å². The van der Waals surface area contributed by atoms with E-state index >= 15 is 0 Å². The molecule has 0 saturated carbocycles. The summed E-state index contributed by atoms with van der Waals surface area (Å²) < 4.78 is 0. The highest BCUT2D eigenvalue weighted by atomic mass is 35.5. The van der Waals surface area contributed by atoms with E-state index in [0.29, 0.717) is 33.9 Å². The monoisotopic (exact) mass is 617 g/mol. The van der Waals surface area contributed by atoms with E-state index in [4.69, 9.17) is 16.4 Å². The van der Waals surface area contributed by atoms with Crippen LogP contribution in [0.2, 0.25) is 5.02 Å². The van der Waals surface area contributed by atoms with Gasteiger partial charge in [-0.05, 0) is 81.0 Å². The molecule has 42 heavy (non-hydrogen) atoms. The molecule has 0 bridgehead atoms. The number of ketones is 3. The summed E-state index contributed by atoms with van der Waals surface area (Å²) in [6.45, 7) is 4.94. The highest BCUT2D eigenvalue weighted by Gasteiger charge is 2.16. The summed E-state index contributed by atoms with van der Waals surface area (Å²) in [5.41, 5.74) is 2.01. The topological polar surface area (TPSA) is 72.8 Å². The van der Waals surface area contributed by atoms with Gasteiger partial charge in [-0.3, -0.25) is 14.4 Å². The molecule has 0 N–H and O–H groups in total. The van der Waals surface area contributed by atoms with Crippen LogP contribution in [0.1, 0.15) is 47.9 Å². The van der Waals surface area contributed by atoms with E-state index in [1.165, 1.54) is 18.7 Å². The SMILES string of the molecule is C\C=C/C(=C\C=C(/C)C(=O)c1ccccc1)Sc1ccc(C(=O)/C(CCSc2ccc(Cl)cc2)=N/OCC(C)=O)cc1. The van der Waals surface area contributed by atoms with Gasteiger partial charge in [0.25, 0.3) is 0 Å². The van der Waals surface area contributed by atoms with Gasteiger partial charge in [0.15, 0.2) is 18.2 Å². The number of allylic oxidation sites excluding steroid dienone is 5. The molecule has 0 radical (unpaired) electrons. The third-order valence-corrected chi connectivity index (χ3v) is 7.98. The lowest BCUT2D eigenvalue weighted by Gasteiger charge is -2.08. The lowest BCUT2D eigenvalue weighted by molar-refractivity contribution is -0.121. The molecule has 3 rings (SSSR count). The lowest BCUT2D eigenvalue weighted by atomic mass is 10.0. The summed E-state index contributed by atoms with van der Waals surface area (Å²) in [5.74, 6) is 0.146. The van der Waals surface area contributed by atoms with Gasteiger partial charge in [-0.2, -0.15) is 0 Å². The molecule has 3 aromatic rings. The number of Topliss-reactive ketones (excluding diaryl/α,β-unsaturated/α-hetero) is 3. The number of halogens is 1. The van der Waals surface area contributed by atoms with Crippen molar-refractivity contribution in [2.75, 3.05) is 12.4 Å². The van der Waals surface area contributed by atoms with Crippen LogP contribution in [0, 0.1) is 0 Å². The zero-order chi connectivity index (χ0) is 30.3. The van der Waals surface area contributed by atoms with Crippen LogP contribution in [0.25, 0.3) is 0 Å². The molecule has 0 aliphatic carbocycles. The Kier molecular flexibility index (Phi) is 13.6. The van der Waals surface area contributed by atoms with Crippen molar-refractivity contribution in [3.63, 3.8) is 0 Å². The third-order valence-electron chi connectivity index (χ3n) is 5.70. The van der Waals surface area contributed by atoms with Crippen molar-refractivity contribution >= 4 is 58.2 Å².